The van der Waals surface area contributed by atoms with E-state index in [9.17, 15) is 18.4 Å². The third kappa shape index (κ3) is 3.47. The molecule has 19 heavy (non-hydrogen) atoms. The maximum absolute atomic E-state index is 13.0. The number of allylic oxidation sites excluding steroid dienone is 2. The molecule has 100 valence electrons. The van der Waals surface area contributed by atoms with Gasteiger partial charge in [0.15, 0.2) is 5.78 Å². The number of hydrogen-bond acceptors (Lipinski definition) is 2. The second-order valence-corrected chi connectivity index (χ2v) is 4.76. The van der Waals surface area contributed by atoms with Crippen LogP contribution in [0.5, 0.6) is 0 Å². The summed E-state index contributed by atoms with van der Waals surface area (Å²) in [6.45, 7) is 1.90. The van der Waals surface area contributed by atoms with Gasteiger partial charge in [0.2, 0.25) is 0 Å². The van der Waals surface area contributed by atoms with Crippen LogP contribution < -0.4 is 5.32 Å². The Morgan fingerprint density at radius 2 is 1.84 bits per heavy atom. The molecule has 0 fully saturated rings. The van der Waals surface area contributed by atoms with Gasteiger partial charge in [-0.3, -0.25) is 9.59 Å². The van der Waals surface area contributed by atoms with Gasteiger partial charge in [0, 0.05) is 29.8 Å². The first kappa shape index (κ1) is 13.4. The van der Waals surface area contributed by atoms with E-state index in [0.29, 0.717) is 24.6 Å². The molecule has 1 unspecified atom stereocenters. The summed E-state index contributed by atoms with van der Waals surface area (Å²) in [6.07, 6.45) is 2.39. The van der Waals surface area contributed by atoms with Crippen LogP contribution in [0.15, 0.2) is 30.0 Å². The average Bonchev–Trinajstić information content (AvgIpc) is 2.25. The van der Waals surface area contributed by atoms with Crippen molar-refractivity contribution in [2.24, 2.45) is 5.92 Å². The van der Waals surface area contributed by atoms with E-state index in [1.807, 2.05) is 6.92 Å². The summed E-state index contributed by atoms with van der Waals surface area (Å²) in [6, 6.07) is 2.60. The summed E-state index contributed by atoms with van der Waals surface area (Å²) in [5, 5.41) is 2.52. The zero-order valence-electron chi connectivity index (χ0n) is 10.4. The summed E-state index contributed by atoms with van der Waals surface area (Å²) in [5.41, 5.74) is 0.377. The maximum atomic E-state index is 13.0. The van der Waals surface area contributed by atoms with E-state index in [4.69, 9.17) is 0 Å². The predicted molar refractivity (Wildman–Crippen MR) is 65.3 cm³/mol. The maximum Gasteiger partial charge on any atom is 0.255 e. The lowest BCUT2D eigenvalue weighted by atomic mass is 9.93. The van der Waals surface area contributed by atoms with Gasteiger partial charge in [-0.05, 0) is 24.5 Å². The van der Waals surface area contributed by atoms with Gasteiger partial charge in [-0.1, -0.05) is 6.92 Å². The van der Waals surface area contributed by atoms with Crippen molar-refractivity contribution in [3.8, 4) is 0 Å². The highest BCUT2D eigenvalue weighted by atomic mass is 19.1. The van der Waals surface area contributed by atoms with Gasteiger partial charge in [-0.15, -0.1) is 0 Å². The predicted octanol–water partition coefficient (Wildman–Crippen LogP) is 2.58. The van der Waals surface area contributed by atoms with Crippen molar-refractivity contribution in [3.63, 3.8) is 0 Å². The first-order valence-corrected chi connectivity index (χ1v) is 5.95. The van der Waals surface area contributed by atoms with E-state index < -0.39 is 17.5 Å². The number of hydrogen-bond donors (Lipinski definition) is 1. The standard InChI is InChI=1S/C14H13F2NO2/c1-8-2-12(7-13(18)3-8)17-14(19)9-4-10(15)6-11(16)5-9/h4-8H,2-3H2,1H3,(H,17,19). The van der Waals surface area contributed by atoms with Crippen molar-refractivity contribution in [2.45, 2.75) is 19.8 Å². The van der Waals surface area contributed by atoms with E-state index in [2.05, 4.69) is 5.32 Å². The third-order valence-electron chi connectivity index (χ3n) is 2.85. The molecule has 2 rings (SSSR count). The minimum absolute atomic E-state index is 0.0560. The molecule has 0 saturated heterocycles. The monoisotopic (exact) mass is 265 g/mol. The summed E-state index contributed by atoms with van der Waals surface area (Å²) in [5.74, 6) is -2.15. The lowest BCUT2D eigenvalue weighted by Gasteiger charge is -2.18. The smallest absolute Gasteiger partial charge is 0.255 e. The Morgan fingerprint density at radius 3 is 2.42 bits per heavy atom. The van der Waals surface area contributed by atoms with Crippen molar-refractivity contribution in [3.05, 3.63) is 47.2 Å². The normalized spacial score (nSPS) is 19.0. The van der Waals surface area contributed by atoms with Crippen LogP contribution in [0, 0.1) is 17.6 Å². The molecule has 1 aliphatic carbocycles. The van der Waals surface area contributed by atoms with Gasteiger partial charge >= 0.3 is 0 Å². The summed E-state index contributed by atoms with van der Waals surface area (Å²) >= 11 is 0. The van der Waals surface area contributed by atoms with E-state index in [1.54, 1.807) is 0 Å². The van der Waals surface area contributed by atoms with Gasteiger partial charge < -0.3 is 5.32 Å². The molecule has 1 aliphatic rings. The molecule has 1 amide bonds. The zero-order chi connectivity index (χ0) is 14.0. The SMILES string of the molecule is CC1CC(=O)C=C(NC(=O)c2cc(F)cc(F)c2)C1. The highest BCUT2D eigenvalue weighted by Crippen LogP contribution is 2.20. The molecule has 1 aromatic carbocycles. The first-order valence-electron chi connectivity index (χ1n) is 5.95. The molecular formula is C14H13F2NO2. The van der Waals surface area contributed by atoms with Crippen molar-refractivity contribution in [1.82, 2.24) is 5.32 Å². The molecule has 5 heteroatoms. The first-order chi connectivity index (χ1) is 8.94. The Labute approximate surface area is 109 Å². The number of carbonyl (C=O) groups excluding carboxylic acids is 2. The number of carbonyl (C=O) groups is 2. The van der Waals surface area contributed by atoms with Crippen molar-refractivity contribution < 1.29 is 18.4 Å². The van der Waals surface area contributed by atoms with Crippen molar-refractivity contribution in [1.29, 1.82) is 0 Å². The second kappa shape index (κ2) is 5.30. The van der Waals surface area contributed by atoms with Crippen LogP contribution in [0.4, 0.5) is 8.78 Å². The van der Waals surface area contributed by atoms with Crippen LogP contribution in [0.2, 0.25) is 0 Å². The van der Waals surface area contributed by atoms with Gasteiger partial charge in [0.1, 0.15) is 11.6 Å². The van der Waals surface area contributed by atoms with Gasteiger partial charge in [-0.2, -0.15) is 0 Å². The number of amides is 1. The number of ketones is 1. The summed E-state index contributed by atoms with van der Waals surface area (Å²) in [7, 11) is 0. The summed E-state index contributed by atoms with van der Waals surface area (Å²) in [4.78, 5) is 23.2. The molecular weight excluding hydrogens is 252 g/mol. The molecule has 3 nitrogen and oxygen atoms in total. The van der Waals surface area contributed by atoms with Crippen LogP contribution in [-0.2, 0) is 4.79 Å². The minimum atomic E-state index is -0.813. The fraction of sp³-hybridized carbons (Fsp3) is 0.286. The quantitative estimate of drug-likeness (QED) is 0.893. The number of benzene rings is 1. The summed E-state index contributed by atoms with van der Waals surface area (Å²) < 4.78 is 26.0. The van der Waals surface area contributed by atoms with Crippen LogP contribution >= 0.6 is 0 Å². The Kier molecular flexibility index (Phi) is 3.74. The lowest BCUT2D eigenvalue weighted by Crippen LogP contribution is -2.27. The average molecular weight is 265 g/mol. The van der Waals surface area contributed by atoms with E-state index in [1.165, 1.54) is 6.08 Å². The molecule has 1 atom stereocenters. The fourth-order valence-corrected chi connectivity index (χ4v) is 2.09. The van der Waals surface area contributed by atoms with E-state index in [-0.39, 0.29) is 17.3 Å². The molecule has 0 radical (unpaired) electrons. The largest absolute Gasteiger partial charge is 0.326 e. The Morgan fingerprint density at radius 1 is 1.21 bits per heavy atom. The molecule has 0 heterocycles. The minimum Gasteiger partial charge on any atom is -0.326 e. The third-order valence-corrected chi connectivity index (χ3v) is 2.85. The van der Waals surface area contributed by atoms with Crippen molar-refractivity contribution >= 4 is 11.7 Å². The fourth-order valence-electron chi connectivity index (χ4n) is 2.09. The highest BCUT2D eigenvalue weighted by Gasteiger charge is 2.19. The molecule has 0 saturated carbocycles. The van der Waals surface area contributed by atoms with Gasteiger partial charge in [-0.25, -0.2) is 8.78 Å². The highest BCUT2D eigenvalue weighted by molar-refractivity contribution is 5.97. The van der Waals surface area contributed by atoms with E-state index >= 15 is 0 Å². The molecule has 1 N–H and O–H groups in total. The topological polar surface area (TPSA) is 46.2 Å². The Hall–Kier alpha value is -2.04. The Balaban J connectivity index is 2.15. The lowest BCUT2D eigenvalue weighted by molar-refractivity contribution is -0.115. The number of nitrogens with one attached hydrogen (secondary N) is 1. The van der Waals surface area contributed by atoms with Crippen LogP contribution in [0.1, 0.15) is 30.1 Å². The van der Waals surface area contributed by atoms with Crippen LogP contribution in [0.3, 0.4) is 0 Å². The zero-order valence-corrected chi connectivity index (χ0v) is 10.4. The number of rotatable bonds is 2. The van der Waals surface area contributed by atoms with Gasteiger partial charge in [0.25, 0.3) is 5.91 Å². The van der Waals surface area contributed by atoms with Crippen LogP contribution in [0.25, 0.3) is 0 Å². The Bertz CT molecular complexity index is 546. The van der Waals surface area contributed by atoms with Crippen LogP contribution in [-0.4, -0.2) is 11.7 Å². The number of halogens is 2. The molecule has 0 spiro atoms. The van der Waals surface area contributed by atoms with Crippen molar-refractivity contribution in [2.75, 3.05) is 0 Å². The molecule has 1 aromatic rings. The molecule has 0 aromatic heterocycles. The van der Waals surface area contributed by atoms with Gasteiger partial charge in [0.05, 0.1) is 0 Å². The molecule has 0 bridgehead atoms. The second-order valence-electron chi connectivity index (χ2n) is 4.76. The molecule has 0 aliphatic heterocycles. The van der Waals surface area contributed by atoms with E-state index in [0.717, 1.165) is 12.1 Å².